The van der Waals surface area contributed by atoms with E-state index in [4.69, 9.17) is 35.9 Å². The number of aliphatic carboxylic acids is 2. The first-order valence-electron chi connectivity index (χ1n) is 28.9. The van der Waals surface area contributed by atoms with Crippen molar-refractivity contribution < 1.29 is 81.2 Å². The van der Waals surface area contributed by atoms with Crippen LogP contribution in [0.5, 0.6) is 0 Å². The van der Waals surface area contributed by atoms with Crippen LogP contribution >= 0.6 is 0 Å². The lowest BCUT2D eigenvalue weighted by atomic mass is 9.86. The first-order valence-corrected chi connectivity index (χ1v) is 28.9. The summed E-state index contributed by atoms with van der Waals surface area (Å²) in [6, 6.07) is 19.4. The summed E-state index contributed by atoms with van der Waals surface area (Å²) in [5.74, 6) is -8.83. The van der Waals surface area contributed by atoms with Gasteiger partial charge >= 0.3 is 24.1 Å². The van der Waals surface area contributed by atoms with Crippen LogP contribution in [0.2, 0.25) is 0 Å². The van der Waals surface area contributed by atoms with Gasteiger partial charge in [-0.2, -0.15) is 13.2 Å². The molecular weight excluding hydrogens is 1210 g/mol. The van der Waals surface area contributed by atoms with Crippen molar-refractivity contribution in [1.29, 1.82) is 0 Å². The topological polar surface area (TPSA) is 429 Å². The summed E-state index contributed by atoms with van der Waals surface area (Å²) in [5.41, 5.74) is 13.9. The number of esters is 1. The highest BCUT2D eigenvalue weighted by atomic mass is 19.4. The molecule has 14 N–H and O–H groups in total. The van der Waals surface area contributed by atoms with E-state index in [-0.39, 0.29) is 114 Å². The zero-order valence-electron chi connectivity index (χ0n) is 49.6. The second kappa shape index (κ2) is 31.1. The predicted molar refractivity (Wildman–Crippen MR) is 323 cm³/mol. The van der Waals surface area contributed by atoms with Crippen LogP contribution in [0.3, 0.4) is 0 Å². The van der Waals surface area contributed by atoms with E-state index < -0.39 is 101 Å². The minimum absolute atomic E-state index is 0.00744. The number of carboxylic acid groups (broad SMARTS) is 2. The zero-order valence-corrected chi connectivity index (χ0v) is 49.6. The Kier molecular flexibility index (Phi) is 23.3. The Hall–Kier alpha value is -10.7. The number of hydrogen-bond donors (Lipinski definition) is 12. The lowest BCUT2D eigenvalue weighted by Crippen LogP contribution is -2.58. The van der Waals surface area contributed by atoms with Crippen molar-refractivity contribution in [2.75, 3.05) is 26.2 Å². The van der Waals surface area contributed by atoms with Gasteiger partial charge in [0.05, 0.1) is 54.7 Å². The molecule has 0 saturated carbocycles. The molecule has 3 aliphatic rings. The summed E-state index contributed by atoms with van der Waals surface area (Å²) in [6.45, 7) is 5.41. The standard InChI is InChI=1S/C59H67N13O13.C2HF3O2/c1-3-59(83)41-26-47-51-39(31-72(47)56(81)40(41)32-84-57(59)82)38(37-12-7-8-13-42(37)68-51)30-66-85-23-22-62-48(73)19-20-49(74)64-29-36-17-15-35(16-18-36)25-45-53(78)69-43(14-9-21-63-58(60)61)52(77)65-28-33(2)67-46(27-50(75)76)55(80)71-44(54(79)70-45)24-34-10-5-4-6-11-34;3-2(4,5)1(6)7/h4-8,10-13,15-18,26,30,43-46,67,83H,2-3,9,14,19-25,27-29,31-32H2,1H3,(H,62,73)(H,64,74)(H,65,77)(H,69,78)(H,70,79)(H,71,80)(H,75,76)(H4,60,61,63);(H,6,7)/b66-30+;/t43-,44+,45-,46-,59-;/m0./s1. The lowest BCUT2D eigenvalue weighted by molar-refractivity contribution is -0.192. The van der Waals surface area contributed by atoms with Crippen molar-refractivity contribution in [3.05, 3.63) is 147 Å². The fraction of sp³-hybridized carbons (Fsp3) is 0.361. The minimum Gasteiger partial charge on any atom is -0.481 e. The molecule has 92 heavy (non-hydrogen) atoms. The lowest BCUT2D eigenvalue weighted by Gasteiger charge is -2.31. The van der Waals surface area contributed by atoms with Crippen molar-refractivity contribution >= 4 is 76.4 Å². The Labute approximate surface area is 522 Å². The van der Waals surface area contributed by atoms with Crippen LogP contribution in [0.15, 0.2) is 112 Å². The molecule has 0 aliphatic carbocycles. The van der Waals surface area contributed by atoms with Crippen molar-refractivity contribution in [2.24, 2.45) is 21.6 Å². The Bertz CT molecular complexity index is 3750. The number of nitrogens with zero attached hydrogens (tertiary/aromatic N) is 4. The van der Waals surface area contributed by atoms with Gasteiger partial charge in [0.15, 0.2) is 11.6 Å². The molecule has 0 unspecified atom stereocenters. The molecular formula is C61H68F3N13O15. The highest BCUT2D eigenvalue weighted by molar-refractivity contribution is 6.02. The number of oxime groups is 1. The Morgan fingerprint density at radius 1 is 0.815 bits per heavy atom. The molecule has 5 aromatic rings. The number of aliphatic imine (C=N–C) groups is 1. The quantitative estimate of drug-likeness (QED) is 0.0155. The molecule has 0 radical (unpaired) electrons. The molecule has 488 valence electrons. The molecule has 1 saturated heterocycles. The summed E-state index contributed by atoms with van der Waals surface area (Å²) >= 11 is 0. The van der Waals surface area contributed by atoms with Gasteiger partial charge in [0.2, 0.25) is 35.4 Å². The number of carbonyl (C=O) groups is 9. The number of alkyl halides is 3. The fourth-order valence-corrected chi connectivity index (χ4v) is 10.1. The van der Waals surface area contributed by atoms with Gasteiger partial charge in [-0.1, -0.05) is 91.5 Å². The van der Waals surface area contributed by atoms with E-state index in [9.17, 15) is 66.5 Å². The largest absolute Gasteiger partial charge is 0.490 e. The van der Waals surface area contributed by atoms with E-state index in [1.54, 1.807) is 67.6 Å². The van der Waals surface area contributed by atoms with Crippen LogP contribution in [0.4, 0.5) is 13.2 Å². The molecule has 5 heterocycles. The van der Waals surface area contributed by atoms with Crippen molar-refractivity contribution in [3.8, 4) is 11.4 Å². The van der Waals surface area contributed by atoms with Gasteiger partial charge in [0.25, 0.3) is 5.56 Å². The van der Waals surface area contributed by atoms with E-state index in [0.717, 1.165) is 5.39 Å². The number of guanidine groups is 1. The number of cyclic esters (lactones) is 1. The fourth-order valence-electron chi connectivity index (χ4n) is 10.1. The number of benzene rings is 3. The molecule has 31 heteroatoms. The monoisotopic (exact) mass is 1280 g/mol. The molecule has 0 bridgehead atoms. The van der Waals surface area contributed by atoms with Crippen molar-refractivity contribution in [2.45, 2.75) is 114 Å². The summed E-state index contributed by atoms with van der Waals surface area (Å²) in [4.78, 5) is 143. The summed E-state index contributed by atoms with van der Waals surface area (Å²) in [7, 11) is 0. The summed E-state index contributed by atoms with van der Waals surface area (Å²) in [5, 5.41) is 52.1. The number of ether oxygens (including phenoxy) is 1. The van der Waals surface area contributed by atoms with Crippen molar-refractivity contribution in [3.63, 3.8) is 0 Å². The molecule has 8 rings (SSSR count). The van der Waals surface area contributed by atoms with Crippen molar-refractivity contribution in [1.82, 2.24) is 46.8 Å². The molecule has 3 aliphatic heterocycles. The maximum Gasteiger partial charge on any atom is 0.490 e. The van der Waals surface area contributed by atoms with Crippen LogP contribution in [0.25, 0.3) is 22.3 Å². The Morgan fingerprint density at radius 3 is 2.04 bits per heavy atom. The second-order valence-corrected chi connectivity index (χ2v) is 21.4. The maximum absolute atomic E-state index is 14.3. The van der Waals surface area contributed by atoms with Gasteiger partial charge < -0.3 is 78.1 Å². The number of para-hydroxylation sites is 1. The summed E-state index contributed by atoms with van der Waals surface area (Å²) in [6.07, 6.45) is -4.29. The number of amides is 6. The van der Waals surface area contributed by atoms with Crippen LogP contribution in [0.1, 0.15) is 84.4 Å². The molecule has 6 amide bonds. The number of hydrogen-bond acceptors (Lipinski definition) is 17. The van der Waals surface area contributed by atoms with E-state index in [0.29, 0.717) is 44.7 Å². The highest BCUT2D eigenvalue weighted by Crippen LogP contribution is 2.40. The molecule has 5 atom stereocenters. The normalized spacial score (nSPS) is 19.1. The maximum atomic E-state index is 14.3. The molecule has 3 aromatic carbocycles. The van der Waals surface area contributed by atoms with E-state index in [2.05, 4.69) is 53.9 Å². The smallest absolute Gasteiger partial charge is 0.481 e. The summed E-state index contributed by atoms with van der Waals surface area (Å²) < 4.78 is 38.5. The van der Waals surface area contributed by atoms with Gasteiger partial charge in [-0.3, -0.25) is 43.3 Å². The average Bonchev–Trinajstić information content (AvgIpc) is 1.50. The third kappa shape index (κ3) is 18.2. The second-order valence-electron chi connectivity index (χ2n) is 21.4. The number of carbonyl (C=O) groups excluding carboxylic acids is 7. The molecule has 28 nitrogen and oxygen atoms in total. The van der Waals surface area contributed by atoms with E-state index >= 15 is 0 Å². The number of pyridine rings is 2. The van der Waals surface area contributed by atoms with Crippen LogP contribution in [-0.4, -0.2) is 147 Å². The van der Waals surface area contributed by atoms with Crippen LogP contribution in [-0.2, 0) is 90.9 Å². The number of fused-ring (bicyclic) bond motifs is 5. The third-order valence-corrected chi connectivity index (χ3v) is 14.9. The molecule has 0 spiro atoms. The Morgan fingerprint density at radius 2 is 1.41 bits per heavy atom. The number of aromatic nitrogens is 2. The SMILES string of the molecule is C=C1CNC(=O)[C@H](CCCN=C(N)N)NC(=O)[C@H](Cc2ccc(CNC(=O)CCC(=O)NCCO/N=C/c3c4c(nc5ccccc35)-c3cc5c(c(=O)n3C4)COC(=O)[C@]5(O)CC)cc2)NC(=O)[C@@H](Cc2ccccc2)NC(=O)[C@H](CC(=O)O)N1.O=C(O)C(F)(F)F. The molecule has 2 aromatic heterocycles. The number of nitrogens with one attached hydrogen (secondary N) is 7. The average molecular weight is 1280 g/mol. The van der Waals surface area contributed by atoms with Gasteiger partial charge in [0, 0.05) is 66.5 Å². The van der Waals surface area contributed by atoms with Gasteiger partial charge in [-0.15, -0.1) is 0 Å². The van der Waals surface area contributed by atoms with Crippen LogP contribution < -0.4 is 54.2 Å². The first-order chi connectivity index (χ1) is 43.8. The number of nitrogens with two attached hydrogens (primary N) is 2. The zero-order chi connectivity index (χ0) is 66.9. The molecule has 1 fully saturated rings. The number of aliphatic hydroxyl groups is 1. The Balaban J connectivity index is 0.00000162. The van der Waals surface area contributed by atoms with Crippen LogP contribution in [0, 0.1) is 0 Å². The van der Waals surface area contributed by atoms with E-state index in [1.165, 1.54) is 10.8 Å². The highest BCUT2D eigenvalue weighted by Gasteiger charge is 2.46. The first kappa shape index (κ1) is 68.8. The predicted octanol–water partition coefficient (Wildman–Crippen LogP) is 0.646. The van der Waals surface area contributed by atoms with Gasteiger partial charge in [0.1, 0.15) is 37.4 Å². The van der Waals surface area contributed by atoms with E-state index in [1.807, 2.05) is 24.3 Å². The number of halogens is 3. The minimum atomic E-state index is -5.08. The number of rotatable bonds is 21. The van der Waals surface area contributed by atoms with Gasteiger partial charge in [-0.25, -0.2) is 14.6 Å². The number of carboxylic acids is 2. The third-order valence-electron chi connectivity index (χ3n) is 14.9. The van der Waals surface area contributed by atoms with Gasteiger partial charge in [-0.05, 0) is 48.1 Å².